The van der Waals surface area contributed by atoms with Gasteiger partial charge in [0, 0.05) is 11.6 Å². The lowest BCUT2D eigenvalue weighted by atomic mass is 10.1. The normalized spacial score (nSPS) is 15.3. The highest BCUT2D eigenvalue weighted by Crippen LogP contribution is 2.25. The van der Waals surface area contributed by atoms with E-state index in [2.05, 4.69) is 20.5 Å². The molecule has 2 heterocycles. The van der Waals surface area contributed by atoms with Crippen molar-refractivity contribution < 1.29 is 9.18 Å². The zero-order valence-electron chi connectivity index (χ0n) is 16.5. The van der Waals surface area contributed by atoms with Gasteiger partial charge in [0.1, 0.15) is 5.82 Å². The molecule has 156 valence electrons. The maximum absolute atomic E-state index is 13.3. The van der Waals surface area contributed by atoms with Crippen molar-refractivity contribution in [2.75, 3.05) is 19.6 Å². The Morgan fingerprint density at radius 2 is 1.87 bits per heavy atom. The summed E-state index contributed by atoms with van der Waals surface area (Å²) in [5, 5.41) is 11.6. The number of carbonyl (C=O) groups excluding carboxylic acids is 1. The van der Waals surface area contributed by atoms with Crippen LogP contribution in [0.2, 0.25) is 5.02 Å². The van der Waals surface area contributed by atoms with Crippen LogP contribution < -0.4 is 5.32 Å². The fraction of sp³-hybridized carbons (Fsp3) is 0.318. The molecular formula is C22H23ClFN5O. The first-order valence-electron chi connectivity index (χ1n) is 10.0. The maximum Gasteiger partial charge on any atom is 0.273 e. The van der Waals surface area contributed by atoms with Crippen molar-refractivity contribution >= 4 is 17.5 Å². The van der Waals surface area contributed by atoms with Gasteiger partial charge in [-0.25, -0.2) is 9.07 Å². The molecular weight excluding hydrogens is 405 g/mol. The molecule has 1 aliphatic rings. The Kier molecular flexibility index (Phi) is 6.40. The molecule has 0 unspecified atom stereocenters. The van der Waals surface area contributed by atoms with E-state index in [0.717, 1.165) is 37.1 Å². The molecule has 3 aromatic rings. The number of benzene rings is 2. The summed E-state index contributed by atoms with van der Waals surface area (Å²) in [7, 11) is 0. The molecule has 0 saturated carbocycles. The average Bonchev–Trinajstić information content (AvgIpc) is 3.44. The van der Waals surface area contributed by atoms with Crippen molar-refractivity contribution in [1.82, 2.24) is 25.2 Å². The summed E-state index contributed by atoms with van der Waals surface area (Å²) in [4.78, 5) is 15.0. The summed E-state index contributed by atoms with van der Waals surface area (Å²) in [5.74, 6) is -0.551. The lowest BCUT2D eigenvalue weighted by Gasteiger charge is -2.28. The largest absolute Gasteiger partial charge is 0.349 e. The Labute approximate surface area is 179 Å². The van der Waals surface area contributed by atoms with Crippen LogP contribution in [0.15, 0.2) is 54.7 Å². The van der Waals surface area contributed by atoms with Gasteiger partial charge in [0.2, 0.25) is 0 Å². The molecule has 1 atom stereocenters. The molecule has 0 radical (unpaired) electrons. The molecule has 0 spiro atoms. The molecule has 1 N–H and O–H groups in total. The third-order valence-electron chi connectivity index (χ3n) is 5.35. The first kappa shape index (κ1) is 20.5. The van der Waals surface area contributed by atoms with Crippen LogP contribution in [-0.4, -0.2) is 45.4 Å². The monoisotopic (exact) mass is 427 g/mol. The number of hydrogen-bond donors (Lipinski definition) is 1. The Bertz CT molecular complexity index is 1000. The minimum atomic E-state index is -0.285. The second kappa shape index (κ2) is 9.36. The van der Waals surface area contributed by atoms with Crippen molar-refractivity contribution in [2.45, 2.75) is 25.4 Å². The third-order valence-corrected chi connectivity index (χ3v) is 5.72. The van der Waals surface area contributed by atoms with Crippen LogP contribution in [0.25, 0.3) is 0 Å². The Morgan fingerprint density at radius 3 is 2.60 bits per heavy atom. The van der Waals surface area contributed by atoms with E-state index in [-0.39, 0.29) is 23.5 Å². The van der Waals surface area contributed by atoms with Gasteiger partial charge < -0.3 is 5.32 Å². The molecule has 30 heavy (non-hydrogen) atoms. The van der Waals surface area contributed by atoms with E-state index in [1.54, 1.807) is 23.0 Å². The second-order valence-electron chi connectivity index (χ2n) is 7.41. The molecule has 0 aliphatic carbocycles. The predicted octanol–water partition coefficient (Wildman–Crippen LogP) is 3.69. The average molecular weight is 428 g/mol. The van der Waals surface area contributed by atoms with Gasteiger partial charge in [0.25, 0.3) is 5.91 Å². The third kappa shape index (κ3) is 4.86. The summed E-state index contributed by atoms with van der Waals surface area (Å²) in [6.45, 7) is 2.78. The number of nitrogens with one attached hydrogen (secondary N) is 1. The Morgan fingerprint density at radius 1 is 1.13 bits per heavy atom. The number of aromatic nitrogens is 3. The number of halogens is 2. The molecule has 6 nitrogen and oxygen atoms in total. The molecule has 1 fully saturated rings. The van der Waals surface area contributed by atoms with E-state index in [9.17, 15) is 9.18 Å². The van der Waals surface area contributed by atoms with E-state index in [1.807, 2.05) is 24.3 Å². The van der Waals surface area contributed by atoms with Gasteiger partial charge in [-0.3, -0.25) is 9.69 Å². The highest BCUT2D eigenvalue weighted by Gasteiger charge is 2.24. The van der Waals surface area contributed by atoms with Crippen LogP contribution in [0, 0.1) is 5.82 Å². The molecule has 1 aliphatic heterocycles. The van der Waals surface area contributed by atoms with E-state index in [4.69, 9.17) is 11.6 Å². The van der Waals surface area contributed by atoms with Crippen LogP contribution in [0.3, 0.4) is 0 Å². The molecule has 8 heteroatoms. The van der Waals surface area contributed by atoms with Gasteiger partial charge in [0.15, 0.2) is 5.69 Å². The fourth-order valence-corrected chi connectivity index (χ4v) is 3.95. The smallest absolute Gasteiger partial charge is 0.273 e. The summed E-state index contributed by atoms with van der Waals surface area (Å²) in [6, 6.07) is 14.0. The van der Waals surface area contributed by atoms with Crippen molar-refractivity contribution in [3.63, 3.8) is 0 Å². The molecule has 0 bridgehead atoms. The topological polar surface area (TPSA) is 63.1 Å². The van der Waals surface area contributed by atoms with Crippen molar-refractivity contribution in [3.8, 4) is 0 Å². The first-order valence-corrected chi connectivity index (χ1v) is 10.4. The predicted molar refractivity (Wildman–Crippen MR) is 113 cm³/mol. The molecule has 1 aromatic heterocycles. The van der Waals surface area contributed by atoms with Gasteiger partial charge in [0.05, 0.1) is 18.8 Å². The second-order valence-corrected chi connectivity index (χ2v) is 7.82. The van der Waals surface area contributed by atoms with Crippen LogP contribution in [-0.2, 0) is 6.54 Å². The van der Waals surface area contributed by atoms with E-state index < -0.39 is 0 Å². The SMILES string of the molecule is O=C(NC[C@H](c1ccc(F)cc1)N1CCCC1)c1cn(Cc2ccccc2Cl)nn1. The summed E-state index contributed by atoms with van der Waals surface area (Å²) >= 11 is 6.19. The standard InChI is InChI=1S/C22H23ClFN5O/c23-19-6-2-1-5-17(19)14-29-15-20(26-27-29)22(30)25-13-21(28-11-3-4-12-28)16-7-9-18(24)10-8-16/h1-2,5-10,15,21H,3-4,11-14H2,(H,25,30)/t21-/m1/s1. The summed E-state index contributed by atoms with van der Waals surface area (Å²) in [6.07, 6.45) is 3.87. The minimum Gasteiger partial charge on any atom is -0.349 e. The molecule has 4 rings (SSSR count). The van der Waals surface area contributed by atoms with Crippen molar-refractivity contribution in [3.05, 3.63) is 82.4 Å². The van der Waals surface area contributed by atoms with Gasteiger partial charge in [-0.15, -0.1) is 5.10 Å². The molecule has 1 saturated heterocycles. The zero-order valence-corrected chi connectivity index (χ0v) is 17.2. The number of carbonyl (C=O) groups is 1. The van der Waals surface area contributed by atoms with Gasteiger partial charge >= 0.3 is 0 Å². The summed E-state index contributed by atoms with van der Waals surface area (Å²) < 4.78 is 14.9. The van der Waals surface area contributed by atoms with Gasteiger partial charge in [-0.05, 0) is 55.3 Å². The zero-order chi connectivity index (χ0) is 20.9. The lowest BCUT2D eigenvalue weighted by molar-refractivity contribution is 0.0932. The fourth-order valence-electron chi connectivity index (χ4n) is 3.76. The van der Waals surface area contributed by atoms with Crippen molar-refractivity contribution in [2.24, 2.45) is 0 Å². The number of nitrogens with zero attached hydrogens (tertiary/aromatic N) is 4. The first-order chi connectivity index (χ1) is 14.6. The quantitative estimate of drug-likeness (QED) is 0.624. The van der Waals surface area contributed by atoms with Crippen LogP contribution in [0.1, 0.15) is 40.5 Å². The Hall–Kier alpha value is -2.77. The van der Waals surface area contributed by atoms with E-state index in [0.29, 0.717) is 18.1 Å². The minimum absolute atomic E-state index is 0.00443. The number of likely N-dealkylation sites (tertiary alicyclic amines) is 1. The number of hydrogen-bond acceptors (Lipinski definition) is 4. The van der Waals surface area contributed by atoms with Crippen molar-refractivity contribution in [1.29, 1.82) is 0 Å². The van der Waals surface area contributed by atoms with E-state index >= 15 is 0 Å². The maximum atomic E-state index is 13.3. The van der Waals surface area contributed by atoms with E-state index in [1.165, 1.54) is 12.1 Å². The number of amides is 1. The van der Waals surface area contributed by atoms with Crippen LogP contribution >= 0.6 is 11.6 Å². The number of rotatable bonds is 7. The lowest BCUT2D eigenvalue weighted by Crippen LogP contribution is -2.37. The Balaban J connectivity index is 1.41. The highest BCUT2D eigenvalue weighted by molar-refractivity contribution is 6.31. The molecule has 1 amide bonds. The summed E-state index contributed by atoms with van der Waals surface area (Å²) in [5.41, 5.74) is 2.14. The highest BCUT2D eigenvalue weighted by atomic mass is 35.5. The van der Waals surface area contributed by atoms with Crippen LogP contribution in [0.5, 0.6) is 0 Å². The van der Waals surface area contributed by atoms with Crippen LogP contribution in [0.4, 0.5) is 4.39 Å². The van der Waals surface area contributed by atoms with Gasteiger partial charge in [-0.1, -0.05) is 47.1 Å². The van der Waals surface area contributed by atoms with Gasteiger partial charge in [-0.2, -0.15) is 0 Å². The molecule has 2 aromatic carbocycles.